The Balaban J connectivity index is 3.13. The first-order chi connectivity index (χ1) is 5.11. The molecule has 0 bridgehead atoms. The van der Waals surface area contributed by atoms with Crippen LogP contribution in [0.1, 0.15) is 24.2 Å². The number of halogens is 1. The lowest BCUT2D eigenvalue weighted by molar-refractivity contribution is 0.194. The summed E-state index contributed by atoms with van der Waals surface area (Å²) in [7, 11) is 0. The molecule has 1 rings (SSSR count). The Morgan fingerprint density at radius 3 is 2.55 bits per heavy atom. The van der Waals surface area contributed by atoms with Gasteiger partial charge in [-0.1, -0.05) is 17.7 Å². The number of aliphatic hydroxyl groups excluding tert-OH is 1. The third-order valence-corrected chi connectivity index (χ3v) is 1.60. The van der Waals surface area contributed by atoms with Gasteiger partial charge in [-0.15, -0.1) is 0 Å². The normalized spacial score (nSPS) is 13.1. The molecule has 0 fully saturated rings. The van der Waals surface area contributed by atoms with E-state index in [2.05, 4.69) is 0 Å². The molecule has 1 aromatic rings. The molecule has 1 N–H and O–H groups in total. The van der Waals surface area contributed by atoms with Crippen molar-refractivity contribution in [3.05, 3.63) is 35.1 Å². The van der Waals surface area contributed by atoms with Crippen LogP contribution in [-0.4, -0.2) is 5.11 Å². The minimum atomic E-state index is -0.727. The Hall–Kier alpha value is -0.890. The molecule has 1 aromatic carbocycles. The maximum Gasteiger partial charge on any atom is 0.129 e. The van der Waals surface area contributed by atoms with Gasteiger partial charge in [-0.25, -0.2) is 4.39 Å². The highest BCUT2D eigenvalue weighted by Crippen LogP contribution is 2.17. The minimum absolute atomic E-state index is 0.342. The third-order valence-electron chi connectivity index (χ3n) is 1.60. The highest BCUT2D eigenvalue weighted by Gasteiger charge is 2.06. The summed E-state index contributed by atoms with van der Waals surface area (Å²) >= 11 is 0. The Labute approximate surface area is 65.5 Å². The van der Waals surface area contributed by atoms with Gasteiger partial charge in [0.25, 0.3) is 0 Å². The molecule has 0 aliphatic rings. The van der Waals surface area contributed by atoms with Crippen molar-refractivity contribution in [3.8, 4) is 0 Å². The fourth-order valence-corrected chi connectivity index (χ4v) is 0.983. The molecule has 1 unspecified atom stereocenters. The van der Waals surface area contributed by atoms with Gasteiger partial charge in [-0.2, -0.15) is 0 Å². The number of aryl methyl sites for hydroxylation is 1. The van der Waals surface area contributed by atoms with Crippen LogP contribution in [0.2, 0.25) is 0 Å². The molecule has 60 valence electrons. The molecule has 2 heteroatoms. The van der Waals surface area contributed by atoms with Crippen LogP contribution in [0.4, 0.5) is 4.39 Å². The summed E-state index contributed by atoms with van der Waals surface area (Å²) < 4.78 is 12.9. The van der Waals surface area contributed by atoms with Crippen LogP contribution in [0, 0.1) is 12.7 Å². The molecule has 0 saturated carbocycles. The molecule has 0 amide bonds. The summed E-state index contributed by atoms with van der Waals surface area (Å²) in [5.41, 5.74) is 1.33. The number of aliphatic hydroxyl groups is 1. The summed E-state index contributed by atoms with van der Waals surface area (Å²) in [6, 6.07) is 4.71. The molecule has 0 saturated heterocycles. The van der Waals surface area contributed by atoms with Gasteiger partial charge in [0.2, 0.25) is 0 Å². The number of hydrogen-bond acceptors (Lipinski definition) is 1. The van der Waals surface area contributed by atoms with Crippen molar-refractivity contribution < 1.29 is 9.50 Å². The van der Waals surface area contributed by atoms with Crippen LogP contribution >= 0.6 is 0 Å². The Morgan fingerprint density at radius 1 is 1.45 bits per heavy atom. The second-order valence-electron chi connectivity index (χ2n) is 2.70. The van der Waals surface area contributed by atoms with Crippen molar-refractivity contribution in [1.29, 1.82) is 0 Å². The maximum atomic E-state index is 12.9. The largest absolute Gasteiger partial charge is 0.389 e. The lowest BCUT2D eigenvalue weighted by Crippen LogP contribution is -1.95. The van der Waals surface area contributed by atoms with Crippen molar-refractivity contribution in [2.24, 2.45) is 0 Å². The van der Waals surface area contributed by atoms with E-state index in [1.165, 1.54) is 6.07 Å². The van der Waals surface area contributed by atoms with E-state index < -0.39 is 6.10 Å². The molecule has 1 atom stereocenters. The molecule has 0 radical (unpaired) electrons. The van der Waals surface area contributed by atoms with Crippen molar-refractivity contribution >= 4 is 0 Å². The second-order valence-corrected chi connectivity index (χ2v) is 2.70. The summed E-state index contributed by atoms with van der Waals surface area (Å²) in [6.07, 6.45) is -0.727. The maximum absolute atomic E-state index is 12.9. The van der Waals surface area contributed by atoms with E-state index in [1.807, 2.05) is 6.92 Å². The lowest BCUT2D eigenvalue weighted by atomic mass is 10.1. The molecular formula is C9H11FO. The summed E-state index contributed by atoms with van der Waals surface area (Å²) in [5.74, 6) is -0.342. The monoisotopic (exact) mass is 154 g/mol. The molecular weight excluding hydrogens is 143 g/mol. The molecule has 1 nitrogen and oxygen atoms in total. The molecule has 11 heavy (non-hydrogen) atoms. The van der Waals surface area contributed by atoms with E-state index in [0.717, 1.165) is 5.56 Å². The highest BCUT2D eigenvalue weighted by atomic mass is 19.1. The summed E-state index contributed by atoms with van der Waals surface area (Å²) in [5, 5.41) is 9.09. The summed E-state index contributed by atoms with van der Waals surface area (Å²) in [4.78, 5) is 0. The van der Waals surface area contributed by atoms with Crippen molar-refractivity contribution in [3.63, 3.8) is 0 Å². The van der Waals surface area contributed by atoms with E-state index >= 15 is 0 Å². The Morgan fingerprint density at radius 2 is 2.09 bits per heavy atom. The molecule has 0 aliphatic heterocycles. The predicted molar refractivity (Wildman–Crippen MR) is 41.8 cm³/mol. The van der Waals surface area contributed by atoms with E-state index in [1.54, 1.807) is 19.1 Å². The average Bonchev–Trinajstić information content (AvgIpc) is 1.94. The molecule has 0 aromatic heterocycles. The van der Waals surface area contributed by atoms with Crippen LogP contribution in [0.5, 0.6) is 0 Å². The number of benzene rings is 1. The lowest BCUT2D eigenvalue weighted by Gasteiger charge is -2.06. The zero-order valence-corrected chi connectivity index (χ0v) is 6.63. The van der Waals surface area contributed by atoms with Crippen LogP contribution in [0.25, 0.3) is 0 Å². The van der Waals surface area contributed by atoms with E-state index in [9.17, 15) is 4.39 Å². The fourth-order valence-electron chi connectivity index (χ4n) is 0.983. The Kier molecular flexibility index (Phi) is 2.25. The number of rotatable bonds is 1. The van der Waals surface area contributed by atoms with Crippen LogP contribution in [0.3, 0.4) is 0 Å². The average molecular weight is 154 g/mol. The zero-order chi connectivity index (χ0) is 8.43. The van der Waals surface area contributed by atoms with Crippen molar-refractivity contribution in [2.75, 3.05) is 0 Å². The number of hydrogen-bond donors (Lipinski definition) is 1. The van der Waals surface area contributed by atoms with E-state index in [0.29, 0.717) is 5.56 Å². The first kappa shape index (κ1) is 8.21. The van der Waals surface area contributed by atoms with Crippen molar-refractivity contribution in [1.82, 2.24) is 0 Å². The SMILES string of the molecule is Cc1ccc(F)c(C(C)O)c1. The zero-order valence-electron chi connectivity index (χ0n) is 6.63. The Bertz CT molecular complexity index is 256. The second kappa shape index (κ2) is 3.01. The van der Waals surface area contributed by atoms with Crippen LogP contribution in [-0.2, 0) is 0 Å². The highest BCUT2D eigenvalue weighted by molar-refractivity contribution is 5.25. The standard InChI is InChI=1S/C9H11FO/c1-6-3-4-9(10)8(5-6)7(2)11/h3-5,7,11H,1-2H3. The fraction of sp³-hybridized carbons (Fsp3) is 0.333. The summed E-state index contributed by atoms with van der Waals surface area (Å²) in [6.45, 7) is 3.42. The first-order valence-electron chi connectivity index (χ1n) is 3.55. The van der Waals surface area contributed by atoms with E-state index in [-0.39, 0.29) is 5.82 Å². The van der Waals surface area contributed by atoms with Gasteiger partial charge in [0.1, 0.15) is 5.82 Å². The van der Waals surface area contributed by atoms with Gasteiger partial charge < -0.3 is 5.11 Å². The van der Waals surface area contributed by atoms with Gasteiger partial charge in [0, 0.05) is 5.56 Å². The minimum Gasteiger partial charge on any atom is -0.389 e. The quantitative estimate of drug-likeness (QED) is 0.657. The molecule has 0 heterocycles. The van der Waals surface area contributed by atoms with E-state index in [4.69, 9.17) is 5.11 Å². The smallest absolute Gasteiger partial charge is 0.129 e. The van der Waals surface area contributed by atoms with Gasteiger partial charge >= 0.3 is 0 Å². The van der Waals surface area contributed by atoms with Gasteiger partial charge in [-0.3, -0.25) is 0 Å². The topological polar surface area (TPSA) is 20.2 Å². The molecule has 0 aliphatic carbocycles. The third kappa shape index (κ3) is 1.77. The van der Waals surface area contributed by atoms with Gasteiger partial charge in [-0.05, 0) is 19.9 Å². The van der Waals surface area contributed by atoms with Gasteiger partial charge in [0.15, 0.2) is 0 Å². The van der Waals surface area contributed by atoms with Crippen LogP contribution < -0.4 is 0 Å². The van der Waals surface area contributed by atoms with Crippen molar-refractivity contribution in [2.45, 2.75) is 20.0 Å². The predicted octanol–water partition coefficient (Wildman–Crippen LogP) is 2.19. The molecule has 0 spiro atoms. The van der Waals surface area contributed by atoms with Gasteiger partial charge in [0.05, 0.1) is 6.10 Å². The van der Waals surface area contributed by atoms with Crippen LogP contribution in [0.15, 0.2) is 18.2 Å². The first-order valence-corrected chi connectivity index (χ1v) is 3.55.